The summed E-state index contributed by atoms with van der Waals surface area (Å²) in [4.78, 5) is 0. The summed E-state index contributed by atoms with van der Waals surface area (Å²) in [6, 6.07) is 12.2. The van der Waals surface area contributed by atoms with Crippen LogP contribution in [0.4, 0.5) is 0 Å². The zero-order valence-corrected chi connectivity index (χ0v) is 11.6. The molecule has 0 aliphatic carbocycles. The zero-order valence-electron chi connectivity index (χ0n) is 10.6. The van der Waals surface area contributed by atoms with Crippen LogP contribution in [0.3, 0.4) is 0 Å². The van der Waals surface area contributed by atoms with Gasteiger partial charge < -0.3 is 4.74 Å². The first-order chi connectivity index (χ1) is 7.52. The minimum absolute atomic E-state index is 0.144. The van der Waals surface area contributed by atoms with Crippen molar-refractivity contribution in [2.24, 2.45) is 0 Å². The molecule has 1 heterocycles. The van der Waals surface area contributed by atoms with Gasteiger partial charge in [-0.05, 0) is 25.8 Å². The van der Waals surface area contributed by atoms with E-state index in [9.17, 15) is 0 Å². The summed E-state index contributed by atoms with van der Waals surface area (Å²) >= 11 is 0. The van der Waals surface area contributed by atoms with E-state index in [2.05, 4.69) is 50.3 Å². The van der Waals surface area contributed by atoms with Gasteiger partial charge in [-0.2, -0.15) is 0 Å². The average Bonchev–Trinajstić information content (AvgIpc) is 2.65. The molecule has 88 valence electrons. The third-order valence-corrected chi connectivity index (χ3v) is 7.20. The fourth-order valence-electron chi connectivity index (χ4n) is 2.90. The minimum atomic E-state index is -1.34. The Hall–Kier alpha value is -0.603. The Bertz CT molecular complexity index is 339. The predicted octanol–water partition coefficient (Wildman–Crippen LogP) is 3.17. The van der Waals surface area contributed by atoms with Gasteiger partial charge in [-0.1, -0.05) is 48.6 Å². The smallest absolute Gasteiger partial charge is 0.0834 e. The van der Waals surface area contributed by atoms with Crippen molar-refractivity contribution in [2.45, 2.75) is 44.5 Å². The summed E-state index contributed by atoms with van der Waals surface area (Å²) in [6.45, 7) is 8.15. The van der Waals surface area contributed by atoms with Crippen molar-refractivity contribution in [3.05, 3.63) is 30.3 Å². The van der Waals surface area contributed by atoms with E-state index in [1.165, 1.54) is 18.9 Å². The Labute approximate surface area is 99.8 Å². The molecule has 1 unspecified atom stereocenters. The van der Waals surface area contributed by atoms with Gasteiger partial charge in [-0.3, -0.25) is 0 Å². The second-order valence-corrected chi connectivity index (χ2v) is 10.5. The van der Waals surface area contributed by atoms with Gasteiger partial charge in [0, 0.05) is 6.61 Å². The van der Waals surface area contributed by atoms with E-state index < -0.39 is 8.07 Å². The number of hydrogen-bond donors (Lipinski definition) is 0. The summed E-state index contributed by atoms with van der Waals surface area (Å²) in [5, 5.41) is 1.55. The second kappa shape index (κ2) is 4.34. The van der Waals surface area contributed by atoms with Gasteiger partial charge in [0.15, 0.2) is 0 Å². The highest BCUT2D eigenvalue weighted by atomic mass is 28.3. The molecule has 1 aromatic carbocycles. The topological polar surface area (TPSA) is 9.23 Å². The molecule has 0 spiro atoms. The first-order valence-electron chi connectivity index (χ1n) is 6.21. The molecule has 0 saturated carbocycles. The molecule has 1 aliphatic rings. The van der Waals surface area contributed by atoms with Crippen molar-refractivity contribution in [2.75, 3.05) is 6.61 Å². The Morgan fingerprint density at radius 3 is 2.50 bits per heavy atom. The van der Waals surface area contributed by atoms with E-state index in [4.69, 9.17) is 4.74 Å². The standard InChI is InChI=1S/C14H22OSi/c1-14(10-7-11-15-14)12-16(2,3)13-8-5-4-6-9-13/h4-6,8-9H,7,10-12H2,1-3H3. The van der Waals surface area contributed by atoms with Crippen LogP contribution in [-0.2, 0) is 4.74 Å². The van der Waals surface area contributed by atoms with Crippen LogP contribution in [0.25, 0.3) is 0 Å². The fraction of sp³-hybridized carbons (Fsp3) is 0.571. The molecule has 1 nitrogen and oxygen atoms in total. The summed E-state index contributed by atoms with van der Waals surface area (Å²) < 4.78 is 5.93. The SMILES string of the molecule is CC1(C[Si](C)(C)c2ccccc2)CCCO1. The molecule has 0 N–H and O–H groups in total. The summed E-state index contributed by atoms with van der Waals surface area (Å²) in [6.07, 6.45) is 2.46. The number of ether oxygens (including phenoxy) is 1. The van der Waals surface area contributed by atoms with Gasteiger partial charge in [0.2, 0.25) is 0 Å². The van der Waals surface area contributed by atoms with Crippen molar-refractivity contribution >= 4 is 13.3 Å². The van der Waals surface area contributed by atoms with Crippen LogP contribution in [0.1, 0.15) is 19.8 Å². The lowest BCUT2D eigenvalue weighted by Gasteiger charge is -2.33. The van der Waals surface area contributed by atoms with E-state index in [0.29, 0.717) is 0 Å². The Morgan fingerprint density at radius 2 is 1.94 bits per heavy atom. The van der Waals surface area contributed by atoms with Gasteiger partial charge in [0.25, 0.3) is 0 Å². The van der Waals surface area contributed by atoms with Gasteiger partial charge in [0.05, 0.1) is 13.7 Å². The molecule has 2 heteroatoms. The number of benzene rings is 1. The van der Waals surface area contributed by atoms with E-state index in [0.717, 1.165) is 6.61 Å². The molecule has 1 saturated heterocycles. The van der Waals surface area contributed by atoms with Crippen LogP contribution in [0.15, 0.2) is 30.3 Å². The predicted molar refractivity (Wildman–Crippen MR) is 72.0 cm³/mol. The lowest BCUT2D eigenvalue weighted by molar-refractivity contribution is 0.0357. The van der Waals surface area contributed by atoms with Crippen molar-refractivity contribution in [1.29, 1.82) is 0 Å². The second-order valence-electron chi connectivity index (χ2n) is 5.83. The normalized spacial score (nSPS) is 25.9. The maximum Gasteiger partial charge on any atom is 0.0834 e. The van der Waals surface area contributed by atoms with E-state index in [-0.39, 0.29) is 5.60 Å². The average molecular weight is 234 g/mol. The Morgan fingerprint density at radius 1 is 1.25 bits per heavy atom. The summed E-state index contributed by atoms with van der Waals surface area (Å²) in [5.74, 6) is 0. The van der Waals surface area contributed by atoms with Gasteiger partial charge in [-0.15, -0.1) is 0 Å². The van der Waals surface area contributed by atoms with Crippen molar-refractivity contribution in [3.63, 3.8) is 0 Å². The molecule has 16 heavy (non-hydrogen) atoms. The fourth-order valence-corrected chi connectivity index (χ4v) is 6.35. The summed E-state index contributed by atoms with van der Waals surface area (Å²) in [5.41, 5.74) is 0.144. The van der Waals surface area contributed by atoms with Gasteiger partial charge >= 0.3 is 0 Å². The molecular weight excluding hydrogens is 212 g/mol. The first-order valence-corrected chi connectivity index (χ1v) is 9.42. The van der Waals surface area contributed by atoms with Crippen molar-refractivity contribution in [1.82, 2.24) is 0 Å². The lowest BCUT2D eigenvalue weighted by atomic mass is 10.1. The highest BCUT2D eigenvalue weighted by molar-refractivity contribution is 6.90. The monoisotopic (exact) mass is 234 g/mol. The third kappa shape index (κ3) is 2.55. The molecule has 0 aromatic heterocycles. The Balaban J connectivity index is 2.13. The van der Waals surface area contributed by atoms with Crippen LogP contribution >= 0.6 is 0 Å². The largest absolute Gasteiger partial charge is 0.376 e. The van der Waals surface area contributed by atoms with E-state index >= 15 is 0 Å². The number of hydrogen-bond acceptors (Lipinski definition) is 1. The Kier molecular flexibility index (Phi) is 3.22. The highest BCUT2D eigenvalue weighted by Gasteiger charge is 2.37. The van der Waals surface area contributed by atoms with Crippen LogP contribution in [-0.4, -0.2) is 20.3 Å². The van der Waals surface area contributed by atoms with Crippen LogP contribution in [0, 0.1) is 0 Å². The van der Waals surface area contributed by atoms with Crippen LogP contribution in [0.5, 0.6) is 0 Å². The van der Waals surface area contributed by atoms with E-state index in [1.807, 2.05) is 0 Å². The highest BCUT2D eigenvalue weighted by Crippen LogP contribution is 2.33. The quantitative estimate of drug-likeness (QED) is 0.730. The molecule has 1 aliphatic heterocycles. The first kappa shape index (κ1) is 11.9. The third-order valence-electron chi connectivity index (χ3n) is 3.67. The zero-order chi connectivity index (χ0) is 11.6. The lowest BCUT2D eigenvalue weighted by Crippen LogP contribution is -2.47. The molecule has 2 rings (SSSR count). The minimum Gasteiger partial charge on any atom is -0.376 e. The molecule has 1 fully saturated rings. The molecule has 0 radical (unpaired) electrons. The molecule has 0 amide bonds. The molecule has 0 bridgehead atoms. The summed E-state index contributed by atoms with van der Waals surface area (Å²) in [7, 11) is -1.34. The van der Waals surface area contributed by atoms with Crippen molar-refractivity contribution in [3.8, 4) is 0 Å². The molecular formula is C14H22OSi. The van der Waals surface area contributed by atoms with Crippen LogP contribution in [0.2, 0.25) is 19.1 Å². The number of rotatable bonds is 3. The van der Waals surface area contributed by atoms with Gasteiger partial charge in [-0.25, -0.2) is 0 Å². The maximum absolute atomic E-state index is 5.93. The molecule has 1 aromatic rings. The van der Waals surface area contributed by atoms with Crippen LogP contribution < -0.4 is 5.19 Å². The molecule has 1 atom stereocenters. The van der Waals surface area contributed by atoms with E-state index in [1.54, 1.807) is 5.19 Å². The van der Waals surface area contributed by atoms with Gasteiger partial charge in [0.1, 0.15) is 0 Å². The van der Waals surface area contributed by atoms with Crippen molar-refractivity contribution < 1.29 is 4.74 Å². The maximum atomic E-state index is 5.93.